The van der Waals surface area contributed by atoms with Crippen molar-refractivity contribution in [3.8, 4) is 0 Å². The summed E-state index contributed by atoms with van der Waals surface area (Å²) < 4.78 is 31.6. The van der Waals surface area contributed by atoms with Crippen LogP contribution in [0.15, 0.2) is 11.6 Å². The average molecular weight is 461 g/mol. The minimum Gasteiger partial charge on any atom is -0.393 e. The zero-order valence-electron chi connectivity index (χ0n) is 17.8. The van der Waals surface area contributed by atoms with E-state index in [2.05, 4.69) is 6.92 Å². The standard InChI is InChI=1S/C21H30O5.H2O4S/c1-19-7-5-13(23)9-12(19)3-4-14-15-6-8-21(26,17(25)11-22)20(15,2)10-16(24)18(14)19;1-5(2,3)4/h9,14-16,18,22,24,26H,3-8,10-11H2,1-2H3;(H2,1,2,3,4)/t14-,15-,16-,18+,19-,20-,21-;/m0./s1. The lowest BCUT2D eigenvalue weighted by molar-refractivity contribution is -0.182. The van der Waals surface area contributed by atoms with Crippen LogP contribution in [0.5, 0.6) is 0 Å². The summed E-state index contributed by atoms with van der Waals surface area (Å²) in [6, 6.07) is 0. The molecule has 0 heterocycles. The fraction of sp³-hybridized carbons (Fsp3) is 0.810. The molecule has 0 aliphatic heterocycles. The molecule has 0 amide bonds. The van der Waals surface area contributed by atoms with Crippen molar-refractivity contribution in [1.82, 2.24) is 0 Å². The molecule has 31 heavy (non-hydrogen) atoms. The first kappa shape index (κ1) is 24.5. The van der Waals surface area contributed by atoms with Gasteiger partial charge in [0.25, 0.3) is 0 Å². The molecular weight excluding hydrogens is 428 g/mol. The molecule has 10 heteroatoms. The minimum absolute atomic E-state index is 0.0697. The zero-order chi connectivity index (χ0) is 23.4. The molecule has 0 aromatic heterocycles. The highest BCUT2D eigenvalue weighted by atomic mass is 32.3. The van der Waals surface area contributed by atoms with Crippen LogP contribution < -0.4 is 0 Å². The van der Waals surface area contributed by atoms with Crippen LogP contribution in [0.3, 0.4) is 0 Å². The molecule has 4 aliphatic rings. The van der Waals surface area contributed by atoms with E-state index in [9.17, 15) is 24.9 Å². The Labute approximate surface area is 182 Å². The van der Waals surface area contributed by atoms with Gasteiger partial charge in [0, 0.05) is 11.8 Å². The van der Waals surface area contributed by atoms with E-state index < -0.39 is 39.9 Å². The molecule has 176 valence electrons. The number of allylic oxidation sites excluding steroid dienone is 1. The molecule has 4 rings (SSSR count). The summed E-state index contributed by atoms with van der Waals surface area (Å²) in [7, 11) is -4.67. The molecule has 0 radical (unpaired) electrons. The number of aliphatic hydroxyl groups excluding tert-OH is 2. The second kappa shape index (κ2) is 8.00. The average Bonchev–Trinajstić information content (AvgIpc) is 2.91. The van der Waals surface area contributed by atoms with E-state index in [1.807, 2.05) is 6.92 Å². The van der Waals surface area contributed by atoms with Crippen LogP contribution in [0, 0.1) is 28.6 Å². The predicted octanol–water partition coefficient (Wildman–Crippen LogP) is 1.13. The van der Waals surface area contributed by atoms with Gasteiger partial charge in [0.05, 0.1) is 6.10 Å². The summed E-state index contributed by atoms with van der Waals surface area (Å²) in [5.41, 5.74) is -1.23. The maximum Gasteiger partial charge on any atom is 0.394 e. The Kier molecular flexibility index (Phi) is 6.32. The highest BCUT2D eigenvalue weighted by molar-refractivity contribution is 7.79. The quantitative estimate of drug-likeness (QED) is 0.379. The lowest BCUT2D eigenvalue weighted by atomic mass is 9.45. The SMILES string of the molecule is C[C@]12CCC(=O)C=C1CC[C@@H]1[C@@H]2[C@@H](O)C[C@@]2(C)[C@H]1CC[C@]2(O)C(=O)CO.O=S(=O)(O)O. The van der Waals surface area contributed by atoms with Crippen molar-refractivity contribution in [3.05, 3.63) is 11.6 Å². The Balaban J connectivity index is 0.000000491. The first-order valence-corrected chi connectivity index (χ1v) is 12.1. The van der Waals surface area contributed by atoms with Crippen LogP contribution in [0.1, 0.15) is 58.8 Å². The number of rotatable bonds is 2. The number of carbonyl (C=O) groups excluding carboxylic acids is 2. The lowest BCUT2D eigenvalue weighted by Gasteiger charge is -2.60. The highest BCUT2D eigenvalue weighted by Crippen LogP contribution is 2.67. The molecule has 3 fully saturated rings. The van der Waals surface area contributed by atoms with Crippen LogP contribution in [0.4, 0.5) is 0 Å². The number of fused-ring (bicyclic) bond motifs is 5. The third kappa shape index (κ3) is 4.02. The Morgan fingerprint density at radius 2 is 1.77 bits per heavy atom. The van der Waals surface area contributed by atoms with E-state index in [0.717, 1.165) is 25.7 Å². The third-order valence-corrected chi connectivity index (χ3v) is 8.65. The van der Waals surface area contributed by atoms with E-state index in [-0.39, 0.29) is 29.0 Å². The van der Waals surface area contributed by atoms with E-state index in [1.165, 1.54) is 5.57 Å². The molecule has 4 aliphatic carbocycles. The van der Waals surface area contributed by atoms with Gasteiger partial charge in [0.1, 0.15) is 12.2 Å². The molecule has 7 atom stereocenters. The van der Waals surface area contributed by atoms with E-state index in [1.54, 1.807) is 6.08 Å². The molecule has 3 saturated carbocycles. The zero-order valence-corrected chi connectivity index (χ0v) is 18.6. The number of hydrogen-bond donors (Lipinski definition) is 5. The van der Waals surface area contributed by atoms with Crippen molar-refractivity contribution < 1.29 is 42.4 Å². The summed E-state index contributed by atoms with van der Waals surface area (Å²) in [6.45, 7) is 3.46. The number of carbonyl (C=O) groups is 2. The van der Waals surface area contributed by atoms with Crippen LogP contribution in [-0.4, -0.2) is 62.7 Å². The predicted molar refractivity (Wildman–Crippen MR) is 109 cm³/mol. The summed E-state index contributed by atoms with van der Waals surface area (Å²) in [4.78, 5) is 24.3. The molecule has 0 spiro atoms. The molecule has 5 N–H and O–H groups in total. The molecule has 0 unspecified atom stereocenters. The van der Waals surface area contributed by atoms with Crippen molar-refractivity contribution >= 4 is 22.0 Å². The number of hydrogen-bond acceptors (Lipinski definition) is 7. The van der Waals surface area contributed by atoms with E-state index in [0.29, 0.717) is 19.3 Å². The summed E-state index contributed by atoms with van der Waals surface area (Å²) in [6.07, 6.45) is 5.74. The summed E-state index contributed by atoms with van der Waals surface area (Å²) in [5.74, 6) is 0.140. The van der Waals surface area contributed by atoms with Gasteiger partial charge in [-0.05, 0) is 67.8 Å². The van der Waals surface area contributed by atoms with E-state index >= 15 is 0 Å². The fourth-order valence-corrected chi connectivity index (χ4v) is 7.28. The molecular formula is C21H32O9S. The van der Waals surface area contributed by atoms with Crippen molar-refractivity contribution in [2.45, 2.75) is 70.5 Å². The second-order valence-corrected chi connectivity index (χ2v) is 10.9. The van der Waals surface area contributed by atoms with Crippen molar-refractivity contribution in [1.29, 1.82) is 0 Å². The molecule has 0 aromatic rings. The summed E-state index contributed by atoms with van der Waals surface area (Å²) >= 11 is 0. The first-order valence-electron chi connectivity index (χ1n) is 10.7. The lowest BCUT2D eigenvalue weighted by Crippen LogP contribution is -2.62. The Hall–Kier alpha value is -1.17. The van der Waals surface area contributed by atoms with Crippen LogP contribution in [-0.2, 0) is 20.0 Å². The molecule has 9 nitrogen and oxygen atoms in total. The van der Waals surface area contributed by atoms with Crippen LogP contribution >= 0.6 is 0 Å². The largest absolute Gasteiger partial charge is 0.394 e. The van der Waals surface area contributed by atoms with Gasteiger partial charge in [-0.15, -0.1) is 0 Å². The molecule has 0 bridgehead atoms. The molecule has 0 saturated heterocycles. The van der Waals surface area contributed by atoms with Gasteiger partial charge in [-0.25, -0.2) is 0 Å². The van der Waals surface area contributed by atoms with Gasteiger partial charge in [-0.3, -0.25) is 18.7 Å². The maximum absolute atomic E-state index is 12.4. The van der Waals surface area contributed by atoms with Gasteiger partial charge >= 0.3 is 10.4 Å². The fourth-order valence-electron chi connectivity index (χ4n) is 7.28. The van der Waals surface area contributed by atoms with Gasteiger partial charge < -0.3 is 15.3 Å². The van der Waals surface area contributed by atoms with Crippen LogP contribution in [0.2, 0.25) is 0 Å². The first-order chi connectivity index (χ1) is 14.2. The molecule has 0 aromatic carbocycles. The number of ketones is 2. The Morgan fingerprint density at radius 3 is 2.35 bits per heavy atom. The van der Waals surface area contributed by atoms with Gasteiger partial charge in [0.2, 0.25) is 0 Å². The minimum atomic E-state index is -4.67. The second-order valence-electron chi connectivity index (χ2n) is 10.0. The normalized spacial score (nSPS) is 44.2. The van der Waals surface area contributed by atoms with Crippen molar-refractivity contribution in [3.63, 3.8) is 0 Å². The topological polar surface area (TPSA) is 169 Å². The maximum atomic E-state index is 12.4. The Morgan fingerprint density at radius 1 is 1.16 bits per heavy atom. The van der Waals surface area contributed by atoms with Crippen molar-refractivity contribution in [2.24, 2.45) is 28.6 Å². The number of aliphatic hydroxyl groups is 3. The van der Waals surface area contributed by atoms with Gasteiger partial charge in [-0.1, -0.05) is 19.4 Å². The third-order valence-electron chi connectivity index (χ3n) is 8.65. The highest BCUT2D eigenvalue weighted by Gasteiger charge is 2.68. The van der Waals surface area contributed by atoms with Crippen molar-refractivity contribution in [2.75, 3.05) is 6.61 Å². The Bertz CT molecular complexity index is 889. The number of Topliss-reactive ketones (excluding diaryl/α,β-unsaturated/α-hetero) is 1. The van der Waals surface area contributed by atoms with Crippen LogP contribution in [0.25, 0.3) is 0 Å². The van der Waals surface area contributed by atoms with Gasteiger partial charge in [-0.2, -0.15) is 8.42 Å². The van der Waals surface area contributed by atoms with E-state index in [4.69, 9.17) is 17.5 Å². The monoisotopic (exact) mass is 460 g/mol. The summed E-state index contributed by atoms with van der Waals surface area (Å²) in [5, 5.41) is 31.7. The smallest absolute Gasteiger partial charge is 0.393 e. The van der Waals surface area contributed by atoms with Gasteiger partial charge in [0.15, 0.2) is 11.6 Å².